The summed E-state index contributed by atoms with van der Waals surface area (Å²) in [6.07, 6.45) is 0.551. The highest BCUT2D eigenvalue weighted by Gasteiger charge is 2.22. The maximum absolute atomic E-state index is 9.64. The van der Waals surface area contributed by atoms with E-state index in [1.54, 1.807) is 7.11 Å². The Morgan fingerprint density at radius 1 is 1.43 bits per heavy atom. The number of guanidine groups is 1. The number of aliphatic hydroxyl groups is 1. The summed E-state index contributed by atoms with van der Waals surface area (Å²) in [6.45, 7) is 5.99. The van der Waals surface area contributed by atoms with Crippen LogP contribution in [0.2, 0.25) is 0 Å². The number of nitrogens with zero attached hydrogens (tertiary/aromatic N) is 2. The van der Waals surface area contributed by atoms with E-state index in [4.69, 9.17) is 9.47 Å². The number of nitrogens with one attached hydrogen (secondary N) is 1. The molecule has 0 bridgehead atoms. The Balaban J connectivity index is 1.77. The van der Waals surface area contributed by atoms with E-state index in [0.717, 1.165) is 36.8 Å². The van der Waals surface area contributed by atoms with Gasteiger partial charge in [-0.3, -0.25) is 4.99 Å². The smallest absolute Gasteiger partial charge is 0.194 e. The van der Waals surface area contributed by atoms with Crippen LogP contribution in [0.15, 0.2) is 29.3 Å². The van der Waals surface area contributed by atoms with Crippen molar-refractivity contribution in [2.75, 3.05) is 39.9 Å². The summed E-state index contributed by atoms with van der Waals surface area (Å²) < 4.78 is 11.0. The summed E-state index contributed by atoms with van der Waals surface area (Å²) in [5.74, 6) is 1.69. The molecule has 0 aliphatic carbocycles. The largest absolute Gasteiger partial charge is 0.496 e. The van der Waals surface area contributed by atoms with Gasteiger partial charge in [-0.25, -0.2) is 0 Å². The van der Waals surface area contributed by atoms with Crippen LogP contribution in [0.25, 0.3) is 0 Å². The molecule has 2 rings (SSSR count). The molecule has 1 saturated heterocycles. The molecule has 6 heteroatoms. The first-order valence-electron chi connectivity index (χ1n) is 8.15. The Bertz CT molecular complexity index is 508. The molecule has 1 aliphatic rings. The molecular weight excluding hydrogens is 294 g/mol. The summed E-state index contributed by atoms with van der Waals surface area (Å²) in [5.41, 5.74) is 1.04. The highest BCUT2D eigenvalue weighted by atomic mass is 16.5. The lowest BCUT2D eigenvalue weighted by Crippen LogP contribution is -2.40. The van der Waals surface area contributed by atoms with Crippen molar-refractivity contribution < 1.29 is 14.6 Å². The Labute approximate surface area is 138 Å². The molecule has 1 atom stereocenters. The number of methoxy groups -OCH3 is 1. The highest BCUT2D eigenvalue weighted by molar-refractivity contribution is 5.80. The van der Waals surface area contributed by atoms with Crippen molar-refractivity contribution >= 4 is 5.96 Å². The van der Waals surface area contributed by atoms with Gasteiger partial charge in [-0.15, -0.1) is 0 Å². The van der Waals surface area contributed by atoms with Crippen LogP contribution in [0, 0.1) is 0 Å². The lowest BCUT2D eigenvalue weighted by molar-refractivity contribution is 0.126. The van der Waals surface area contributed by atoms with E-state index in [1.165, 1.54) is 0 Å². The fraction of sp³-hybridized carbons (Fsp3) is 0.588. The predicted octanol–water partition coefficient (Wildman–Crippen LogP) is 1.24. The summed E-state index contributed by atoms with van der Waals surface area (Å²) in [7, 11) is 1.66. The van der Waals surface area contributed by atoms with E-state index in [0.29, 0.717) is 26.3 Å². The molecule has 0 radical (unpaired) electrons. The third-order valence-corrected chi connectivity index (χ3v) is 3.75. The zero-order valence-electron chi connectivity index (χ0n) is 14.0. The van der Waals surface area contributed by atoms with Gasteiger partial charge in [-0.05, 0) is 19.4 Å². The molecular formula is C17H27N3O3. The van der Waals surface area contributed by atoms with Crippen molar-refractivity contribution in [2.45, 2.75) is 26.1 Å². The molecule has 1 fully saturated rings. The van der Waals surface area contributed by atoms with E-state index in [1.807, 2.05) is 31.2 Å². The SMILES string of the molecule is CCNC(=NCCOCc1ccccc1OC)N1CC[C@@H](O)C1. The van der Waals surface area contributed by atoms with E-state index in [-0.39, 0.29) is 6.10 Å². The number of hydrogen-bond donors (Lipinski definition) is 2. The first-order chi connectivity index (χ1) is 11.2. The minimum Gasteiger partial charge on any atom is -0.496 e. The monoisotopic (exact) mass is 321 g/mol. The number of ether oxygens (including phenoxy) is 2. The van der Waals surface area contributed by atoms with Crippen LogP contribution < -0.4 is 10.1 Å². The fourth-order valence-electron chi connectivity index (χ4n) is 2.58. The molecule has 23 heavy (non-hydrogen) atoms. The maximum Gasteiger partial charge on any atom is 0.194 e. The molecule has 2 N–H and O–H groups in total. The second kappa shape index (κ2) is 9.37. The van der Waals surface area contributed by atoms with Crippen LogP contribution in [-0.4, -0.2) is 62.0 Å². The Morgan fingerprint density at radius 3 is 2.96 bits per heavy atom. The van der Waals surface area contributed by atoms with Crippen LogP contribution in [0.3, 0.4) is 0 Å². The number of benzene rings is 1. The first kappa shape index (κ1) is 17.6. The quantitative estimate of drug-likeness (QED) is 0.449. The Morgan fingerprint density at radius 2 is 2.26 bits per heavy atom. The van der Waals surface area contributed by atoms with Crippen LogP contribution in [0.1, 0.15) is 18.9 Å². The number of likely N-dealkylation sites (tertiary alicyclic amines) is 1. The van der Waals surface area contributed by atoms with Crippen molar-refractivity contribution in [1.29, 1.82) is 0 Å². The molecule has 0 amide bonds. The highest BCUT2D eigenvalue weighted by Crippen LogP contribution is 2.17. The van der Waals surface area contributed by atoms with E-state index >= 15 is 0 Å². The van der Waals surface area contributed by atoms with E-state index in [2.05, 4.69) is 15.2 Å². The third-order valence-electron chi connectivity index (χ3n) is 3.75. The molecule has 0 unspecified atom stereocenters. The van der Waals surface area contributed by atoms with Crippen LogP contribution in [0.4, 0.5) is 0 Å². The van der Waals surface area contributed by atoms with Gasteiger partial charge in [-0.2, -0.15) is 0 Å². The number of rotatable bonds is 7. The molecule has 0 aromatic heterocycles. The minimum atomic E-state index is -0.249. The Kier molecular flexibility index (Phi) is 7.16. The summed E-state index contributed by atoms with van der Waals surface area (Å²) in [4.78, 5) is 6.66. The fourth-order valence-corrected chi connectivity index (χ4v) is 2.58. The van der Waals surface area contributed by atoms with Gasteiger partial charge in [0.2, 0.25) is 0 Å². The molecule has 128 valence electrons. The molecule has 0 saturated carbocycles. The number of β-amino-alcohol motifs (C(OH)–C–C–N with tert-alkyl or cyclic N) is 1. The second-order valence-corrected chi connectivity index (χ2v) is 5.49. The van der Waals surface area contributed by atoms with Gasteiger partial charge < -0.3 is 24.8 Å². The van der Waals surface area contributed by atoms with Gasteiger partial charge in [-0.1, -0.05) is 18.2 Å². The standard InChI is InChI=1S/C17H27N3O3/c1-3-18-17(20-10-8-15(21)12-20)19-9-11-23-13-14-6-4-5-7-16(14)22-2/h4-7,15,21H,3,8-13H2,1-2H3,(H,18,19)/t15-/m1/s1. The van der Waals surface area contributed by atoms with Crippen molar-refractivity contribution in [3.05, 3.63) is 29.8 Å². The molecule has 6 nitrogen and oxygen atoms in total. The average molecular weight is 321 g/mol. The van der Waals surface area contributed by atoms with Gasteiger partial charge in [0.15, 0.2) is 5.96 Å². The number of para-hydroxylation sites is 1. The van der Waals surface area contributed by atoms with Gasteiger partial charge in [0.05, 0.1) is 33.0 Å². The van der Waals surface area contributed by atoms with E-state index < -0.39 is 0 Å². The predicted molar refractivity (Wildman–Crippen MR) is 90.8 cm³/mol. The lowest BCUT2D eigenvalue weighted by atomic mass is 10.2. The average Bonchev–Trinajstić information content (AvgIpc) is 3.00. The lowest BCUT2D eigenvalue weighted by Gasteiger charge is -2.20. The normalized spacial score (nSPS) is 18.3. The molecule has 1 aromatic rings. The summed E-state index contributed by atoms with van der Waals surface area (Å²) >= 11 is 0. The zero-order valence-corrected chi connectivity index (χ0v) is 14.0. The first-order valence-corrected chi connectivity index (χ1v) is 8.15. The topological polar surface area (TPSA) is 66.3 Å². The van der Waals surface area contributed by atoms with E-state index in [9.17, 15) is 5.11 Å². The molecule has 1 heterocycles. The summed E-state index contributed by atoms with van der Waals surface area (Å²) in [5, 5.41) is 12.9. The second-order valence-electron chi connectivity index (χ2n) is 5.49. The zero-order chi connectivity index (χ0) is 16.5. The minimum absolute atomic E-state index is 0.249. The Hall–Kier alpha value is -1.79. The maximum atomic E-state index is 9.64. The van der Waals surface area contributed by atoms with Gasteiger partial charge in [0, 0.05) is 25.2 Å². The number of hydrogen-bond acceptors (Lipinski definition) is 4. The van der Waals surface area contributed by atoms with Crippen LogP contribution >= 0.6 is 0 Å². The van der Waals surface area contributed by atoms with Gasteiger partial charge in [0.1, 0.15) is 5.75 Å². The van der Waals surface area contributed by atoms with Crippen LogP contribution in [0.5, 0.6) is 5.75 Å². The van der Waals surface area contributed by atoms with Crippen LogP contribution in [-0.2, 0) is 11.3 Å². The van der Waals surface area contributed by atoms with Gasteiger partial charge >= 0.3 is 0 Å². The molecule has 0 spiro atoms. The molecule has 1 aliphatic heterocycles. The van der Waals surface area contributed by atoms with Crippen molar-refractivity contribution in [1.82, 2.24) is 10.2 Å². The third kappa shape index (κ3) is 5.41. The number of aliphatic hydroxyl groups excluding tert-OH is 1. The van der Waals surface area contributed by atoms with Gasteiger partial charge in [0.25, 0.3) is 0 Å². The summed E-state index contributed by atoms with van der Waals surface area (Å²) in [6, 6.07) is 7.84. The van der Waals surface area contributed by atoms with Crippen molar-refractivity contribution in [2.24, 2.45) is 4.99 Å². The number of aliphatic imine (C=N–C) groups is 1. The van der Waals surface area contributed by atoms with Crippen molar-refractivity contribution in [3.8, 4) is 5.75 Å². The molecule has 1 aromatic carbocycles. The van der Waals surface area contributed by atoms with Crippen molar-refractivity contribution in [3.63, 3.8) is 0 Å².